The standard InChI is InChI=1S/C22H25N3O3/c1-22(2,3)28-21(26)24-16-8-11-19-15(13-23)14-25(20(19)12-16)17-6-5-7-18(27-4)10-9-17/h7-12,14,17H,5-6H2,1-4H3,(H,24,26). The van der Waals surface area contributed by atoms with Gasteiger partial charge in [0.15, 0.2) is 0 Å². The molecule has 0 saturated carbocycles. The summed E-state index contributed by atoms with van der Waals surface area (Å²) in [5.41, 5.74) is 1.55. The molecule has 1 atom stereocenters. The lowest BCUT2D eigenvalue weighted by molar-refractivity contribution is 0.0636. The Morgan fingerprint density at radius 2 is 2.14 bits per heavy atom. The molecule has 1 N–H and O–H groups in total. The van der Waals surface area contributed by atoms with Crippen LogP contribution in [0.3, 0.4) is 0 Å². The minimum atomic E-state index is -0.570. The zero-order valence-electron chi connectivity index (χ0n) is 16.7. The Balaban J connectivity index is 1.95. The third kappa shape index (κ3) is 4.37. The molecule has 0 aliphatic heterocycles. The molecule has 146 valence electrons. The van der Waals surface area contributed by atoms with E-state index in [2.05, 4.69) is 28.1 Å². The van der Waals surface area contributed by atoms with Crippen molar-refractivity contribution in [1.82, 2.24) is 4.57 Å². The maximum Gasteiger partial charge on any atom is 0.412 e. The number of carbonyl (C=O) groups is 1. The van der Waals surface area contributed by atoms with Crippen molar-refractivity contribution in [3.05, 3.63) is 53.9 Å². The van der Waals surface area contributed by atoms with Gasteiger partial charge in [0.25, 0.3) is 0 Å². The number of nitrogens with zero attached hydrogens (tertiary/aromatic N) is 2. The second-order valence-corrected chi connectivity index (χ2v) is 7.74. The van der Waals surface area contributed by atoms with Crippen LogP contribution in [-0.4, -0.2) is 23.4 Å². The number of hydrogen-bond acceptors (Lipinski definition) is 4. The normalized spacial score (nSPS) is 16.8. The summed E-state index contributed by atoms with van der Waals surface area (Å²) in [6.45, 7) is 5.46. The largest absolute Gasteiger partial charge is 0.497 e. The Hall–Kier alpha value is -3.20. The van der Waals surface area contributed by atoms with Crippen molar-refractivity contribution in [2.24, 2.45) is 0 Å². The van der Waals surface area contributed by atoms with Gasteiger partial charge >= 0.3 is 6.09 Å². The van der Waals surface area contributed by atoms with Gasteiger partial charge in [0.2, 0.25) is 0 Å². The van der Waals surface area contributed by atoms with Gasteiger partial charge in [-0.1, -0.05) is 6.08 Å². The summed E-state index contributed by atoms with van der Waals surface area (Å²) >= 11 is 0. The van der Waals surface area contributed by atoms with E-state index >= 15 is 0 Å². The molecule has 1 unspecified atom stereocenters. The van der Waals surface area contributed by atoms with Gasteiger partial charge in [0.05, 0.1) is 24.2 Å². The van der Waals surface area contributed by atoms with E-state index in [0.29, 0.717) is 11.3 Å². The SMILES string of the molecule is COC1=CCCC(n2cc(C#N)c3ccc(NC(=O)OC(C)(C)C)cc32)C=C1. The average molecular weight is 379 g/mol. The van der Waals surface area contributed by atoms with E-state index in [-0.39, 0.29) is 6.04 Å². The summed E-state index contributed by atoms with van der Waals surface area (Å²) in [6.07, 6.45) is 9.22. The number of ether oxygens (including phenoxy) is 2. The third-order valence-corrected chi connectivity index (χ3v) is 4.48. The molecule has 0 bridgehead atoms. The zero-order chi connectivity index (χ0) is 20.3. The van der Waals surface area contributed by atoms with Crippen LogP contribution in [0.4, 0.5) is 10.5 Å². The molecular formula is C22H25N3O3. The van der Waals surface area contributed by atoms with Crippen molar-refractivity contribution in [2.75, 3.05) is 12.4 Å². The minimum absolute atomic E-state index is 0.0882. The number of amides is 1. The maximum absolute atomic E-state index is 12.1. The van der Waals surface area contributed by atoms with Gasteiger partial charge in [-0.15, -0.1) is 0 Å². The van der Waals surface area contributed by atoms with E-state index in [0.717, 1.165) is 29.5 Å². The highest BCUT2D eigenvalue weighted by molar-refractivity contribution is 5.93. The Bertz CT molecular complexity index is 987. The number of allylic oxidation sites excluding steroid dienone is 3. The molecule has 1 aliphatic rings. The number of aromatic nitrogens is 1. The van der Waals surface area contributed by atoms with E-state index < -0.39 is 11.7 Å². The van der Waals surface area contributed by atoms with E-state index in [1.54, 1.807) is 13.2 Å². The number of rotatable bonds is 3. The van der Waals surface area contributed by atoms with Crippen LogP contribution in [0.25, 0.3) is 10.9 Å². The number of benzene rings is 1. The van der Waals surface area contributed by atoms with Gasteiger partial charge in [0.1, 0.15) is 17.4 Å². The molecule has 6 heteroatoms. The molecule has 0 fully saturated rings. The van der Waals surface area contributed by atoms with Crippen molar-refractivity contribution >= 4 is 22.7 Å². The number of nitrogens with one attached hydrogen (secondary N) is 1. The molecule has 6 nitrogen and oxygen atoms in total. The highest BCUT2D eigenvalue weighted by Gasteiger charge is 2.19. The summed E-state index contributed by atoms with van der Waals surface area (Å²) in [6, 6.07) is 7.87. The van der Waals surface area contributed by atoms with Crippen LogP contribution in [0.5, 0.6) is 0 Å². The van der Waals surface area contributed by atoms with Crippen LogP contribution in [0, 0.1) is 11.3 Å². The van der Waals surface area contributed by atoms with Crippen molar-refractivity contribution in [2.45, 2.75) is 45.3 Å². The molecular weight excluding hydrogens is 354 g/mol. The molecule has 3 rings (SSSR count). The van der Waals surface area contributed by atoms with Gasteiger partial charge in [-0.05, 0) is 64.0 Å². The molecule has 1 aromatic heterocycles. The van der Waals surface area contributed by atoms with Crippen LogP contribution in [-0.2, 0) is 9.47 Å². The maximum atomic E-state index is 12.1. The first-order valence-electron chi connectivity index (χ1n) is 9.28. The van der Waals surface area contributed by atoms with Gasteiger partial charge in [-0.3, -0.25) is 5.32 Å². The highest BCUT2D eigenvalue weighted by atomic mass is 16.6. The first kappa shape index (κ1) is 19.6. The molecule has 0 spiro atoms. The Labute approximate surface area is 165 Å². The summed E-state index contributed by atoms with van der Waals surface area (Å²) < 4.78 is 12.7. The quantitative estimate of drug-likeness (QED) is 0.787. The van der Waals surface area contributed by atoms with Crippen molar-refractivity contribution in [3.63, 3.8) is 0 Å². The average Bonchev–Trinajstić information content (AvgIpc) is 2.82. The van der Waals surface area contributed by atoms with Crippen molar-refractivity contribution in [1.29, 1.82) is 5.26 Å². The number of methoxy groups -OCH3 is 1. The summed E-state index contributed by atoms with van der Waals surface area (Å²) in [5.74, 6) is 0.840. The number of anilines is 1. The fourth-order valence-corrected chi connectivity index (χ4v) is 3.26. The van der Waals surface area contributed by atoms with Crippen LogP contribution in [0.1, 0.15) is 45.2 Å². The van der Waals surface area contributed by atoms with E-state index in [1.807, 2.05) is 45.2 Å². The summed E-state index contributed by atoms with van der Waals surface area (Å²) in [5, 5.41) is 13.2. The predicted molar refractivity (Wildman–Crippen MR) is 109 cm³/mol. The molecule has 0 saturated heterocycles. The van der Waals surface area contributed by atoms with Crippen molar-refractivity contribution < 1.29 is 14.3 Å². The molecule has 28 heavy (non-hydrogen) atoms. The second-order valence-electron chi connectivity index (χ2n) is 7.74. The Morgan fingerprint density at radius 1 is 1.36 bits per heavy atom. The van der Waals surface area contributed by atoms with Gasteiger partial charge < -0.3 is 14.0 Å². The smallest absolute Gasteiger partial charge is 0.412 e. The first-order valence-corrected chi connectivity index (χ1v) is 9.28. The van der Waals surface area contributed by atoms with Crippen LogP contribution in [0.2, 0.25) is 0 Å². The molecule has 1 aromatic carbocycles. The number of nitriles is 1. The minimum Gasteiger partial charge on any atom is -0.497 e. The monoisotopic (exact) mass is 379 g/mol. The lowest BCUT2D eigenvalue weighted by Crippen LogP contribution is -2.27. The lowest BCUT2D eigenvalue weighted by atomic mass is 10.1. The summed E-state index contributed by atoms with van der Waals surface area (Å²) in [4.78, 5) is 12.1. The lowest BCUT2D eigenvalue weighted by Gasteiger charge is -2.20. The van der Waals surface area contributed by atoms with Gasteiger partial charge in [-0.2, -0.15) is 5.26 Å². The number of carbonyl (C=O) groups excluding carboxylic acids is 1. The van der Waals surface area contributed by atoms with Crippen LogP contribution < -0.4 is 5.32 Å². The highest BCUT2D eigenvalue weighted by Crippen LogP contribution is 2.31. The zero-order valence-corrected chi connectivity index (χ0v) is 16.7. The summed E-state index contributed by atoms with van der Waals surface area (Å²) in [7, 11) is 1.66. The second kappa shape index (κ2) is 7.81. The van der Waals surface area contributed by atoms with Gasteiger partial charge in [0, 0.05) is 17.3 Å². The first-order chi connectivity index (χ1) is 13.3. The third-order valence-electron chi connectivity index (χ3n) is 4.48. The van der Waals surface area contributed by atoms with Gasteiger partial charge in [-0.25, -0.2) is 4.79 Å². The molecule has 1 aliphatic carbocycles. The van der Waals surface area contributed by atoms with E-state index in [9.17, 15) is 10.1 Å². The number of hydrogen-bond donors (Lipinski definition) is 1. The van der Waals surface area contributed by atoms with Crippen LogP contribution >= 0.6 is 0 Å². The van der Waals surface area contributed by atoms with Crippen molar-refractivity contribution in [3.8, 4) is 6.07 Å². The fraction of sp³-hybridized carbons (Fsp3) is 0.364. The molecule has 1 heterocycles. The van der Waals surface area contributed by atoms with Crippen LogP contribution in [0.15, 0.2) is 48.4 Å². The Morgan fingerprint density at radius 3 is 2.82 bits per heavy atom. The molecule has 2 aromatic rings. The van der Waals surface area contributed by atoms with E-state index in [1.165, 1.54) is 0 Å². The van der Waals surface area contributed by atoms with E-state index in [4.69, 9.17) is 9.47 Å². The number of fused-ring (bicyclic) bond motifs is 1. The molecule has 1 amide bonds. The topological polar surface area (TPSA) is 76.3 Å². The Kier molecular flexibility index (Phi) is 5.46. The molecule has 0 radical (unpaired) electrons. The predicted octanol–water partition coefficient (Wildman–Crippen LogP) is 5.28. The fourth-order valence-electron chi connectivity index (χ4n) is 3.26.